The number of rotatable bonds is 5. The Morgan fingerprint density at radius 3 is 2.26 bits per heavy atom. The highest BCUT2D eigenvalue weighted by molar-refractivity contribution is 5.96. The molecule has 0 radical (unpaired) electrons. The van der Waals surface area contributed by atoms with Crippen LogP contribution >= 0.6 is 0 Å². The number of hydrogen-bond donors (Lipinski definition) is 1. The van der Waals surface area contributed by atoms with Gasteiger partial charge in [0.15, 0.2) is 11.6 Å². The maximum atomic E-state index is 13.3. The summed E-state index contributed by atoms with van der Waals surface area (Å²) in [6, 6.07) is 8.06. The topological polar surface area (TPSA) is 87.7 Å². The van der Waals surface area contributed by atoms with Crippen LogP contribution in [0.1, 0.15) is 43.1 Å². The molecule has 11 heteroatoms. The lowest BCUT2D eigenvalue weighted by Crippen LogP contribution is -2.49. The Morgan fingerprint density at radius 1 is 1.00 bits per heavy atom. The van der Waals surface area contributed by atoms with E-state index in [1.54, 1.807) is 12.1 Å². The number of benzene rings is 1. The zero-order chi connectivity index (χ0) is 24.9. The fourth-order valence-corrected chi connectivity index (χ4v) is 3.38. The van der Waals surface area contributed by atoms with E-state index in [4.69, 9.17) is 4.74 Å². The molecular formula is C23H28F3N5O3. The summed E-state index contributed by atoms with van der Waals surface area (Å²) in [5.74, 6) is 0.125. The van der Waals surface area contributed by atoms with Gasteiger partial charge in [0.1, 0.15) is 0 Å². The van der Waals surface area contributed by atoms with Crippen molar-refractivity contribution in [3.05, 3.63) is 47.5 Å². The molecule has 1 aliphatic heterocycles. The predicted octanol–water partition coefficient (Wildman–Crippen LogP) is 4.44. The quantitative estimate of drug-likeness (QED) is 0.682. The van der Waals surface area contributed by atoms with Gasteiger partial charge >= 0.3 is 12.3 Å². The van der Waals surface area contributed by atoms with Crippen LogP contribution in [0.5, 0.6) is 0 Å². The first-order chi connectivity index (χ1) is 15.9. The smallest absolute Gasteiger partial charge is 0.417 e. The molecule has 2 amide bonds. The zero-order valence-electron chi connectivity index (χ0n) is 19.4. The summed E-state index contributed by atoms with van der Waals surface area (Å²) in [6.45, 7) is 7.70. The van der Waals surface area contributed by atoms with Crippen LogP contribution in [0, 0.1) is 5.41 Å². The molecule has 2 heterocycles. The number of carbonyl (C=O) groups is 2. The largest absolute Gasteiger partial charge is 0.449 e. The van der Waals surface area contributed by atoms with Gasteiger partial charge in [0.05, 0.1) is 17.7 Å². The second-order valence-electron chi connectivity index (χ2n) is 9.17. The van der Waals surface area contributed by atoms with Crippen molar-refractivity contribution >= 4 is 23.6 Å². The molecule has 1 fully saturated rings. The molecule has 0 saturated carbocycles. The minimum Gasteiger partial charge on any atom is -0.449 e. The van der Waals surface area contributed by atoms with E-state index in [2.05, 4.69) is 36.3 Å². The monoisotopic (exact) mass is 479 g/mol. The van der Waals surface area contributed by atoms with Gasteiger partial charge < -0.3 is 14.5 Å². The third-order valence-electron chi connectivity index (χ3n) is 5.32. The first kappa shape index (κ1) is 25.3. The lowest BCUT2D eigenvalue weighted by Gasteiger charge is -2.35. The molecule has 1 saturated heterocycles. The van der Waals surface area contributed by atoms with E-state index in [1.807, 2.05) is 4.90 Å². The summed E-state index contributed by atoms with van der Waals surface area (Å²) in [4.78, 5) is 27.9. The number of alkyl halides is 3. The Balaban J connectivity index is 1.53. The lowest BCUT2D eigenvalue weighted by molar-refractivity contribution is -0.138. The Kier molecular flexibility index (Phi) is 7.63. The van der Waals surface area contributed by atoms with Gasteiger partial charge in [-0.25, -0.2) is 4.79 Å². The van der Waals surface area contributed by atoms with Crippen LogP contribution < -0.4 is 10.2 Å². The third-order valence-corrected chi connectivity index (χ3v) is 5.32. The normalized spacial score (nSPS) is 14.6. The van der Waals surface area contributed by atoms with E-state index in [0.717, 1.165) is 12.5 Å². The Labute approximate surface area is 196 Å². The molecule has 0 unspecified atom stereocenters. The minimum atomic E-state index is -4.60. The van der Waals surface area contributed by atoms with E-state index in [0.29, 0.717) is 18.9 Å². The molecule has 184 valence electrons. The number of amides is 2. The average molecular weight is 480 g/mol. The second kappa shape index (κ2) is 10.3. The second-order valence-corrected chi connectivity index (χ2v) is 9.17. The maximum absolute atomic E-state index is 13.3. The molecule has 1 N–H and O–H groups in total. The highest BCUT2D eigenvalue weighted by atomic mass is 19.4. The summed E-state index contributed by atoms with van der Waals surface area (Å²) >= 11 is 0. The predicted molar refractivity (Wildman–Crippen MR) is 121 cm³/mol. The van der Waals surface area contributed by atoms with E-state index < -0.39 is 23.7 Å². The van der Waals surface area contributed by atoms with Gasteiger partial charge in [-0.05, 0) is 36.1 Å². The van der Waals surface area contributed by atoms with Crippen LogP contribution in [0.25, 0.3) is 0 Å². The van der Waals surface area contributed by atoms with E-state index in [1.165, 1.54) is 23.1 Å². The number of ether oxygens (including phenoxy) is 1. The van der Waals surface area contributed by atoms with Gasteiger partial charge in [0, 0.05) is 26.2 Å². The average Bonchev–Trinajstić information content (AvgIpc) is 2.78. The first-order valence-electron chi connectivity index (χ1n) is 10.9. The van der Waals surface area contributed by atoms with Gasteiger partial charge in [-0.3, -0.25) is 10.1 Å². The molecule has 1 aromatic carbocycles. The zero-order valence-corrected chi connectivity index (χ0v) is 19.4. The van der Waals surface area contributed by atoms with Crippen LogP contribution in [0.3, 0.4) is 0 Å². The molecule has 1 aliphatic rings. The number of carbonyl (C=O) groups excluding carboxylic acids is 2. The Bertz CT molecular complexity index is 998. The summed E-state index contributed by atoms with van der Waals surface area (Å²) in [5, 5.41) is 10.6. The van der Waals surface area contributed by atoms with Crippen molar-refractivity contribution < 1.29 is 27.5 Å². The van der Waals surface area contributed by atoms with Gasteiger partial charge in [0.2, 0.25) is 0 Å². The SMILES string of the molecule is CC(C)(C)CCOC(=O)Nc1ccc(N2CCN(C(=O)c3ccccc3C(F)(F)F)CC2)nn1. The van der Waals surface area contributed by atoms with Gasteiger partial charge in [-0.2, -0.15) is 13.2 Å². The van der Waals surface area contributed by atoms with Crippen molar-refractivity contribution in [2.24, 2.45) is 5.41 Å². The Hall–Kier alpha value is -3.37. The molecule has 0 bridgehead atoms. The minimum absolute atomic E-state index is 0.0537. The number of halogens is 3. The molecule has 0 atom stereocenters. The molecule has 34 heavy (non-hydrogen) atoms. The van der Waals surface area contributed by atoms with E-state index in [9.17, 15) is 22.8 Å². The van der Waals surface area contributed by atoms with Crippen molar-refractivity contribution in [1.29, 1.82) is 0 Å². The molecular weight excluding hydrogens is 451 g/mol. The summed E-state index contributed by atoms with van der Waals surface area (Å²) in [7, 11) is 0. The fourth-order valence-electron chi connectivity index (χ4n) is 3.38. The molecule has 8 nitrogen and oxygen atoms in total. The lowest BCUT2D eigenvalue weighted by atomic mass is 9.93. The number of aromatic nitrogens is 2. The van der Waals surface area contributed by atoms with Crippen LogP contribution in [0.15, 0.2) is 36.4 Å². The van der Waals surface area contributed by atoms with E-state index >= 15 is 0 Å². The number of nitrogens with one attached hydrogen (secondary N) is 1. The molecule has 2 aromatic rings. The highest BCUT2D eigenvalue weighted by Crippen LogP contribution is 2.32. The van der Waals surface area contributed by atoms with Crippen molar-refractivity contribution in [1.82, 2.24) is 15.1 Å². The molecule has 3 rings (SSSR count). The van der Waals surface area contributed by atoms with Crippen LogP contribution in [-0.4, -0.2) is 59.9 Å². The highest BCUT2D eigenvalue weighted by Gasteiger charge is 2.36. The summed E-state index contributed by atoms with van der Waals surface area (Å²) in [5.41, 5.74) is -1.24. The fraction of sp³-hybridized carbons (Fsp3) is 0.478. The first-order valence-corrected chi connectivity index (χ1v) is 10.9. The van der Waals surface area contributed by atoms with Crippen molar-refractivity contribution in [3.8, 4) is 0 Å². The van der Waals surface area contributed by atoms with Crippen LogP contribution in [0.4, 0.5) is 29.6 Å². The number of nitrogens with zero attached hydrogens (tertiary/aromatic N) is 4. The van der Waals surface area contributed by atoms with Crippen molar-refractivity contribution in [2.75, 3.05) is 43.0 Å². The van der Waals surface area contributed by atoms with Crippen molar-refractivity contribution in [3.63, 3.8) is 0 Å². The van der Waals surface area contributed by atoms with Crippen molar-refractivity contribution in [2.45, 2.75) is 33.4 Å². The third kappa shape index (κ3) is 6.82. The summed E-state index contributed by atoms with van der Waals surface area (Å²) in [6.07, 6.45) is -4.49. The van der Waals surface area contributed by atoms with Crippen LogP contribution in [-0.2, 0) is 10.9 Å². The van der Waals surface area contributed by atoms with E-state index in [-0.39, 0.29) is 36.5 Å². The molecule has 0 spiro atoms. The van der Waals surface area contributed by atoms with Gasteiger partial charge in [0.25, 0.3) is 5.91 Å². The molecule has 0 aliphatic carbocycles. The number of hydrogen-bond acceptors (Lipinski definition) is 6. The standard InChI is InChI=1S/C23H28F3N5O3/c1-22(2,3)10-15-34-21(33)27-18-8-9-19(29-28-18)30-11-13-31(14-12-30)20(32)16-6-4-5-7-17(16)23(24,25)26/h4-9H,10-15H2,1-3H3,(H,27,28,33). The van der Waals surface area contributed by atoms with Crippen LogP contribution in [0.2, 0.25) is 0 Å². The number of piperazine rings is 1. The Morgan fingerprint density at radius 2 is 1.68 bits per heavy atom. The van der Waals surface area contributed by atoms with Gasteiger partial charge in [-0.1, -0.05) is 32.9 Å². The van der Waals surface area contributed by atoms with Gasteiger partial charge in [-0.15, -0.1) is 10.2 Å². The summed E-state index contributed by atoms with van der Waals surface area (Å²) < 4.78 is 44.9. The maximum Gasteiger partial charge on any atom is 0.417 e. The molecule has 1 aromatic heterocycles. The number of anilines is 2.